The molecule has 2 aromatic carbocycles. The lowest BCUT2D eigenvalue weighted by molar-refractivity contribution is 0.0958. The van der Waals surface area contributed by atoms with Crippen LogP contribution >= 0.6 is 0 Å². The summed E-state index contributed by atoms with van der Waals surface area (Å²) in [6.45, 7) is 4.65. The average molecular weight is 281 g/mol. The van der Waals surface area contributed by atoms with Gasteiger partial charge >= 0.3 is 0 Å². The summed E-state index contributed by atoms with van der Waals surface area (Å²) in [6, 6.07) is 17.3. The number of ether oxygens (including phenoxy) is 1. The Morgan fingerprint density at radius 1 is 1.10 bits per heavy atom. The standard InChI is InChI=1S/C18H19NO2/c1-2-13-19-18(20)16-8-10-17(11-9-16)21-14-12-15-6-4-3-5-7-15/h2-11H,1,12-14H2,(H,19,20). The summed E-state index contributed by atoms with van der Waals surface area (Å²) in [7, 11) is 0. The molecule has 21 heavy (non-hydrogen) atoms. The van der Waals surface area contributed by atoms with Crippen LogP contribution in [0.25, 0.3) is 0 Å². The van der Waals surface area contributed by atoms with Crippen LogP contribution in [0.15, 0.2) is 67.3 Å². The Labute approximate surface area is 125 Å². The van der Waals surface area contributed by atoms with Crippen LogP contribution in [0.2, 0.25) is 0 Å². The maximum atomic E-state index is 11.7. The molecule has 0 fully saturated rings. The third kappa shape index (κ3) is 4.80. The summed E-state index contributed by atoms with van der Waals surface area (Å²) < 4.78 is 5.68. The lowest BCUT2D eigenvalue weighted by Gasteiger charge is -2.07. The highest BCUT2D eigenvalue weighted by Gasteiger charge is 2.04. The molecule has 1 N–H and O–H groups in total. The molecule has 0 saturated heterocycles. The second kappa shape index (κ2) is 7.90. The predicted octanol–water partition coefficient (Wildman–Crippen LogP) is 3.22. The number of carbonyl (C=O) groups is 1. The fraction of sp³-hybridized carbons (Fsp3) is 0.167. The molecule has 2 aromatic rings. The maximum absolute atomic E-state index is 11.7. The van der Waals surface area contributed by atoms with E-state index < -0.39 is 0 Å². The Balaban J connectivity index is 1.82. The first kappa shape index (κ1) is 14.9. The molecule has 0 atom stereocenters. The van der Waals surface area contributed by atoms with Gasteiger partial charge in [0.1, 0.15) is 5.75 Å². The first-order chi connectivity index (χ1) is 10.3. The minimum atomic E-state index is -0.106. The van der Waals surface area contributed by atoms with E-state index in [9.17, 15) is 4.79 Å². The first-order valence-corrected chi connectivity index (χ1v) is 6.95. The van der Waals surface area contributed by atoms with Crippen LogP contribution in [0.3, 0.4) is 0 Å². The van der Waals surface area contributed by atoms with Crippen molar-refractivity contribution in [3.63, 3.8) is 0 Å². The van der Waals surface area contributed by atoms with Gasteiger partial charge in [0.2, 0.25) is 0 Å². The van der Waals surface area contributed by atoms with Crippen molar-refractivity contribution in [3.05, 3.63) is 78.4 Å². The van der Waals surface area contributed by atoms with Crippen molar-refractivity contribution in [1.29, 1.82) is 0 Å². The Bertz CT molecular complexity index is 576. The van der Waals surface area contributed by atoms with Crippen LogP contribution in [-0.2, 0) is 6.42 Å². The van der Waals surface area contributed by atoms with E-state index in [1.165, 1.54) is 5.56 Å². The number of rotatable bonds is 7. The van der Waals surface area contributed by atoms with Crippen molar-refractivity contribution in [3.8, 4) is 5.75 Å². The Hall–Kier alpha value is -2.55. The van der Waals surface area contributed by atoms with Crippen LogP contribution in [0.5, 0.6) is 5.75 Å². The van der Waals surface area contributed by atoms with Crippen LogP contribution in [-0.4, -0.2) is 19.1 Å². The zero-order valence-electron chi connectivity index (χ0n) is 11.9. The molecular formula is C18H19NO2. The molecule has 108 valence electrons. The summed E-state index contributed by atoms with van der Waals surface area (Å²) in [6.07, 6.45) is 2.52. The van der Waals surface area contributed by atoms with E-state index in [2.05, 4.69) is 24.0 Å². The van der Waals surface area contributed by atoms with Crippen LogP contribution in [0.4, 0.5) is 0 Å². The van der Waals surface area contributed by atoms with Crippen molar-refractivity contribution in [2.24, 2.45) is 0 Å². The van der Waals surface area contributed by atoms with Crippen molar-refractivity contribution in [1.82, 2.24) is 5.32 Å². The van der Waals surface area contributed by atoms with Gasteiger partial charge in [-0.05, 0) is 29.8 Å². The van der Waals surface area contributed by atoms with Crippen molar-refractivity contribution in [2.75, 3.05) is 13.2 Å². The van der Waals surface area contributed by atoms with Crippen LogP contribution < -0.4 is 10.1 Å². The van der Waals surface area contributed by atoms with Gasteiger partial charge in [-0.1, -0.05) is 36.4 Å². The molecule has 0 bridgehead atoms. The highest BCUT2D eigenvalue weighted by atomic mass is 16.5. The Morgan fingerprint density at radius 3 is 2.48 bits per heavy atom. The minimum absolute atomic E-state index is 0.106. The molecule has 3 heteroatoms. The number of nitrogens with one attached hydrogen (secondary N) is 1. The quantitative estimate of drug-likeness (QED) is 0.791. The molecule has 0 aliphatic carbocycles. The largest absolute Gasteiger partial charge is 0.493 e. The second-order valence-corrected chi connectivity index (χ2v) is 4.61. The van der Waals surface area contributed by atoms with Gasteiger partial charge in [-0.25, -0.2) is 0 Å². The zero-order valence-corrected chi connectivity index (χ0v) is 11.9. The van der Waals surface area contributed by atoms with Gasteiger partial charge in [0.15, 0.2) is 0 Å². The van der Waals surface area contributed by atoms with Crippen molar-refractivity contribution < 1.29 is 9.53 Å². The zero-order chi connectivity index (χ0) is 14.9. The van der Waals surface area contributed by atoms with E-state index in [4.69, 9.17) is 4.74 Å². The van der Waals surface area contributed by atoms with Crippen molar-refractivity contribution >= 4 is 5.91 Å². The normalized spacial score (nSPS) is 9.90. The molecule has 0 unspecified atom stereocenters. The molecular weight excluding hydrogens is 262 g/mol. The minimum Gasteiger partial charge on any atom is -0.493 e. The smallest absolute Gasteiger partial charge is 0.251 e. The molecule has 0 aromatic heterocycles. The molecule has 0 aliphatic rings. The van der Waals surface area contributed by atoms with Crippen LogP contribution in [0, 0.1) is 0 Å². The summed E-state index contributed by atoms with van der Waals surface area (Å²) in [5.74, 6) is 0.664. The number of benzene rings is 2. The highest BCUT2D eigenvalue weighted by Crippen LogP contribution is 2.12. The molecule has 0 heterocycles. The average Bonchev–Trinajstić information content (AvgIpc) is 2.54. The van der Waals surface area contributed by atoms with E-state index in [0.29, 0.717) is 18.7 Å². The lowest BCUT2D eigenvalue weighted by atomic mass is 10.2. The second-order valence-electron chi connectivity index (χ2n) is 4.61. The summed E-state index contributed by atoms with van der Waals surface area (Å²) in [5.41, 5.74) is 1.87. The predicted molar refractivity (Wildman–Crippen MR) is 84.6 cm³/mol. The van der Waals surface area contributed by atoms with Gasteiger partial charge < -0.3 is 10.1 Å². The van der Waals surface area contributed by atoms with Crippen molar-refractivity contribution in [2.45, 2.75) is 6.42 Å². The van der Waals surface area contributed by atoms with E-state index >= 15 is 0 Å². The van der Waals surface area contributed by atoms with Gasteiger partial charge in [0, 0.05) is 18.5 Å². The van der Waals surface area contributed by atoms with Gasteiger partial charge in [-0.15, -0.1) is 6.58 Å². The highest BCUT2D eigenvalue weighted by molar-refractivity contribution is 5.94. The summed E-state index contributed by atoms with van der Waals surface area (Å²) in [5, 5.41) is 2.73. The molecule has 0 spiro atoms. The third-order valence-electron chi connectivity index (χ3n) is 3.03. The topological polar surface area (TPSA) is 38.3 Å². The third-order valence-corrected chi connectivity index (χ3v) is 3.03. The van der Waals surface area contributed by atoms with Crippen LogP contribution in [0.1, 0.15) is 15.9 Å². The fourth-order valence-corrected chi connectivity index (χ4v) is 1.90. The van der Waals surface area contributed by atoms with E-state index in [0.717, 1.165) is 12.2 Å². The lowest BCUT2D eigenvalue weighted by Crippen LogP contribution is -2.22. The molecule has 0 aliphatic heterocycles. The SMILES string of the molecule is C=CCNC(=O)c1ccc(OCCc2ccccc2)cc1. The summed E-state index contributed by atoms with van der Waals surface area (Å²) >= 11 is 0. The monoisotopic (exact) mass is 281 g/mol. The molecule has 3 nitrogen and oxygen atoms in total. The first-order valence-electron chi connectivity index (χ1n) is 6.95. The fourth-order valence-electron chi connectivity index (χ4n) is 1.90. The van der Waals surface area contributed by atoms with Gasteiger partial charge in [-0.3, -0.25) is 4.79 Å². The number of hydrogen-bond acceptors (Lipinski definition) is 2. The Morgan fingerprint density at radius 2 is 1.81 bits per heavy atom. The number of carbonyl (C=O) groups excluding carboxylic acids is 1. The molecule has 0 saturated carbocycles. The van der Waals surface area contributed by atoms with Gasteiger partial charge in [0.05, 0.1) is 6.61 Å². The molecule has 1 amide bonds. The maximum Gasteiger partial charge on any atom is 0.251 e. The molecule has 0 radical (unpaired) electrons. The van der Waals surface area contributed by atoms with Gasteiger partial charge in [0.25, 0.3) is 5.91 Å². The molecule has 2 rings (SSSR count). The van der Waals surface area contributed by atoms with E-state index in [-0.39, 0.29) is 5.91 Å². The number of amides is 1. The van der Waals surface area contributed by atoms with E-state index in [1.54, 1.807) is 18.2 Å². The summed E-state index contributed by atoms with van der Waals surface area (Å²) in [4.78, 5) is 11.7. The Kier molecular flexibility index (Phi) is 5.59. The van der Waals surface area contributed by atoms with Gasteiger partial charge in [-0.2, -0.15) is 0 Å². The number of hydrogen-bond donors (Lipinski definition) is 1. The van der Waals surface area contributed by atoms with E-state index in [1.807, 2.05) is 30.3 Å².